The summed E-state index contributed by atoms with van der Waals surface area (Å²) in [6, 6.07) is 12.7. The summed E-state index contributed by atoms with van der Waals surface area (Å²) in [5, 5.41) is 5.91. The maximum atomic E-state index is 15.0. The summed E-state index contributed by atoms with van der Waals surface area (Å²) in [6.45, 7) is 6.14. The minimum absolute atomic E-state index is 0.00482. The highest BCUT2D eigenvalue weighted by molar-refractivity contribution is 6.00. The molecule has 0 saturated carbocycles. The second kappa shape index (κ2) is 10.5. The van der Waals surface area contributed by atoms with E-state index in [2.05, 4.69) is 32.1 Å². The van der Waals surface area contributed by atoms with E-state index < -0.39 is 23.4 Å². The minimum atomic E-state index is -1.01. The lowest BCUT2D eigenvalue weighted by molar-refractivity contribution is -0.111. The number of halogens is 3. The van der Waals surface area contributed by atoms with Gasteiger partial charge in [-0.3, -0.25) is 4.79 Å². The standard InChI is InChI=1S/C28H25F3N6O/c1-3-24(38)33-22-15-17(7-8-20(22)29)19-6-4-5-18-16-32-28(35-27(18)19)34-21-9-10-23(26(31)25(21)30)37-13-11-36(2)12-14-37/h3-10,15-16H,1,11-14H2,2H3,(H,33,38)(H,32,34,35). The molecule has 1 aliphatic rings. The Morgan fingerprint density at radius 1 is 1.00 bits per heavy atom. The van der Waals surface area contributed by atoms with Crippen LogP contribution in [0.1, 0.15) is 0 Å². The van der Waals surface area contributed by atoms with Crippen molar-refractivity contribution in [2.75, 3.05) is 48.8 Å². The van der Waals surface area contributed by atoms with Crippen molar-refractivity contribution in [3.63, 3.8) is 0 Å². The van der Waals surface area contributed by atoms with Gasteiger partial charge in [-0.05, 0) is 43.0 Å². The third kappa shape index (κ3) is 5.03. The Hall–Kier alpha value is -4.44. The van der Waals surface area contributed by atoms with Crippen molar-refractivity contribution < 1.29 is 18.0 Å². The number of carbonyl (C=O) groups excluding carboxylic acids is 1. The lowest BCUT2D eigenvalue weighted by Gasteiger charge is -2.34. The number of piperazine rings is 1. The number of hydrogen-bond donors (Lipinski definition) is 2. The Kier molecular flexibility index (Phi) is 6.97. The largest absolute Gasteiger partial charge is 0.367 e. The Morgan fingerprint density at radius 3 is 2.55 bits per heavy atom. The van der Waals surface area contributed by atoms with E-state index in [1.165, 1.54) is 18.2 Å². The van der Waals surface area contributed by atoms with E-state index in [0.717, 1.165) is 19.2 Å². The van der Waals surface area contributed by atoms with Crippen LogP contribution in [0.4, 0.5) is 36.2 Å². The maximum Gasteiger partial charge on any atom is 0.247 e. The molecule has 0 radical (unpaired) electrons. The molecule has 5 rings (SSSR count). The molecule has 4 aromatic rings. The number of amides is 1. The molecule has 7 nitrogen and oxygen atoms in total. The number of benzene rings is 3. The SMILES string of the molecule is C=CC(=O)Nc1cc(-c2cccc3cnc(Nc4ccc(N5CCN(C)CC5)c(F)c4F)nc23)ccc1F. The number of nitrogens with zero attached hydrogens (tertiary/aromatic N) is 4. The van der Waals surface area contributed by atoms with Crippen molar-refractivity contribution in [3.8, 4) is 11.1 Å². The van der Waals surface area contributed by atoms with E-state index in [-0.39, 0.29) is 23.0 Å². The molecule has 0 aliphatic carbocycles. The Labute approximate surface area is 217 Å². The van der Waals surface area contributed by atoms with Crippen molar-refractivity contribution in [2.24, 2.45) is 0 Å². The molecule has 0 spiro atoms. The summed E-state index contributed by atoms with van der Waals surface area (Å²) < 4.78 is 44.3. The van der Waals surface area contributed by atoms with Crippen molar-refractivity contribution in [2.45, 2.75) is 0 Å². The number of anilines is 4. The second-order valence-electron chi connectivity index (χ2n) is 9.00. The molecule has 3 aromatic carbocycles. The highest BCUT2D eigenvalue weighted by Gasteiger charge is 2.22. The topological polar surface area (TPSA) is 73.4 Å². The van der Waals surface area contributed by atoms with Crippen LogP contribution in [0.25, 0.3) is 22.0 Å². The van der Waals surface area contributed by atoms with Crippen LogP contribution >= 0.6 is 0 Å². The number of fused-ring (bicyclic) bond motifs is 1. The van der Waals surface area contributed by atoms with Crippen LogP contribution in [-0.4, -0.2) is 54.0 Å². The summed E-state index contributed by atoms with van der Waals surface area (Å²) >= 11 is 0. The normalized spacial score (nSPS) is 13.9. The molecule has 1 saturated heterocycles. The monoisotopic (exact) mass is 518 g/mol. The van der Waals surface area contributed by atoms with Crippen LogP contribution in [0.3, 0.4) is 0 Å². The van der Waals surface area contributed by atoms with Crippen LogP contribution in [0, 0.1) is 17.5 Å². The van der Waals surface area contributed by atoms with Gasteiger partial charge in [0.25, 0.3) is 0 Å². The summed E-state index contributed by atoms with van der Waals surface area (Å²) in [7, 11) is 1.99. The number of rotatable bonds is 6. The van der Waals surface area contributed by atoms with Gasteiger partial charge in [-0.25, -0.2) is 23.1 Å². The van der Waals surface area contributed by atoms with Gasteiger partial charge in [0.05, 0.1) is 22.6 Å². The van der Waals surface area contributed by atoms with Crippen LogP contribution in [-0.2, 0) is 4.79 Å². The average molecular weight is 519 g/mol. The molecule has 2 heterocycles. The quantitative estimate of drug-likeness (QED) is 0.336. The first kappa shape index (κ1) is 25.2. The fraction of sp³-hybridized carbons (Fsp3) is 0.179. The summed E-state index contributed by atoms with van der Waals surface area (Å²) in [5.74, 6) is -3.02. The number of hydrogen-bond acceptors (Lipinski definition) is 6. The molecular weight excluding hydrogens is 493 g/mol. The fourth-order valence-corrected chi connectivity index (χ4v) is 4.37. The number of carbonyl (C=O) groups is 1. The number of para-hydroxylation sites is 1. The predicted octanol–water partition coefficient (Wildman–Crippen LogP) is 5.33. The van der Waals surface area contributed by atoms with E-state index in [0.29, 0.717) is 35.1 Å². The van der Waals surface area contributed by atoms with Gasteiger partial charge >= 0.3 is 0 Å². The zero-order valence-electron chi connectivity index (χ0n) is 20.6. The van der Waals surface area contributed by atoms with Crippen LogP contribution in [0.15, 0.2) is 67.4 Å². The van der Waals surface area contributed by atoms with E-state index in [1.807, 2.05) is 11.9 Å². The van der Waals surface area contributed by atoms with Gasteiger partial charge in [0.2, 0.25) is 11.9 Å². The van der Waals surface area contributed by atoms with E-state index in [4.69, 9.17) is 0 Å². The number of aromatic nitrogens is 2. The van der Waals surface area contributed by atoms with Crippen LogP contribution < -0.4 is 15.5 Å². The molecule has 2 N–H and O–H groups in total. The van der Waals surface area contributed by atoms with Gasteiger partial charge < -0.3 is 20.4 Å². The van der Waals surface area contributed by atoms with Gasteiger partial charge in [0.15, 0.2) is 11.6 Å². The average Bonchev–Trinajstić information content (AvgIpc) is 2.93. The molecule has 10 heteroatoms. The van der Waals surface area contributed by atoms with Crippen LogP contribution in [0.5, 0.6) is 0 Å². The molecule has 38 heavy (non-hydrogen) atoms. The summed E-state index contributed by atoms with van der Waals surface area (Å²) in [4.78, 5) is 24.5. The minimum Gasteiger partial charge on any atom is -0.367 e. The fourth-order valence-electron chi connectivity index (χ4n) is 4.37. The number of nitrogens with one attached hydrogen (secondary N) is 2. The van der Waals surface area contributed by atoms with Crippen molar-refractivity contribution in [1.82, 2.24) is 14.9 Å². The summed E-state index contributed by atoms with van der Waals surface area (Å²) in [6.07, 6.45) is 2.61. The van der Waals surface area contributed by atoms with Gasteiger partial charge in [0, 0.05) is 43.3 Å². The molecule has 0 bridgehead atoms. The van der Waals surface area contributed by atoms with Gasteiger partial charge in [-0.15, -0.1) is 0 Å². The Bertz CT molecular complexity index is 1540. The van der Waals surface area contributed by atoms with E-state index in [9.17, 15) is 13.6 Å². The molecule has 194 valence electrons. The number of likely N-dealkylation sites (N-methyl/N-ethyl adjacent to an activating group) is 1. The molecule has 0 atom stereocenters. The first-order valence-corrected chi connectivity index (χ1v) is 12.0. The molecule has 0 unspecified atom stereocenters. The predicted molar refractivity (Wildman–Crippen MR) is 143 cm³/mol. The highest BCUT2D eigenvalue weighted by Crippen LogP contribution is 2.32. The molecule has 1 aliphatic heterocycles. The highest BCUT2D eigenvalue weighted by atomic mass is 19.2. The zero-order chi connectivity index (χ0) is 26.8. The summed E-state index contributed by atoms with van der Waals surface area (Å²) in [5.41, 5.74) is 1.86. The van der Waals surface area contributed by atoms with Gasteiger partial charge in [-0.2, -0.15) is 0 Å². The van der Waals surface area contributed by atoms with Gasteiger partial charge in [0.1, 0.15) is 5.82 Å². The van der Waals surface area contributed by atoms with E-state index in [1.54, 1.807) is 36.5 Å². The molecule has 1 amide bonds. The van der Waals surface area contributed by atoms with Gasteiger partial charge in [-0.1, -0.05) is 30.8 Å². The first-order chi connectivity index (χ1) is 18.3. The van der Waals surface area contributed by atoms with Crippen molar-refractivity contribution in [1.29, 1.82) is 0 Å². The second-order valence-corrected chi connectivity index (χ2v) is 9.00. The Balaban J connectivity index is 1.47. The van der Waals surface area contributed by atoms with Crippen molar-refractivity contribution >= 4 is 39.8 Å². The van der Waals surface area contributed by atoms with Crippen LogP contribution in [0.2, 0.25) is 0 Å². The lowest BCUT2D eigenvalue weighted by atomic mass is 10.0. The van der Waals surface area contributed by atoms with Crippen molar-refractivity contribution in [3.05, 3.63) is 84.8 Å². The smallest absolute Gasteiger partial charge is 0.247 e. The molecule has 1 aromatic heterocycles. The molecular formula is C28H25F3N6O. The zero-order valence-corrected chi connectivity index (χ0v) is 20.6. The Morgan fingerprint density at radius 2 is 1.79 bits per heavy atom. The third-order valence-corrected chi connectivity index (χ3v) is 6.48. The first-order valence-electron chi connectivity index (χ1n) is 12.0. The molecule has 1 fully saturated rings. The lowest BCUT2D eigenvalue weighted by Crippen LogP contribution is -2.44. The van der Waals surface area contributed by atoms with E-state index >= 15 is 4.39 Å². The third-order valence-electron chi connectivity index (χ3n) is 6.48. The maximum absolute atomic E-state index is 15.0.